The van der Waals surface area contributed by atoms with Gasteiger partial charge in [-0.05, 0) is 41.9 Å². The SMILES string of the molecule is COc1cc(C(C)(C)F)c(OC)cc1Br. The maximum absolute atomic E-state index is 13.9. The Balaban J connectivity index is 3.36. The predicted octanol–water partition coefficient (Wildman–Crippen LogP) is 3.67. The molecule has 1 rings (SSSR count). The van der Waals surface area contributed by atoms with Crippen molar-refractivity contribution in [2.24, 2.45) is 0 Å². The molecule has 0 aliphatic heterocycles. The second-order valence-electron chi connectivity index (χ2n) is 3.66. The molecule has 84 valence electrons. The summed E-state index contributed by atoms with van der Waals surface area (Å²) in [7, 11) is 3.06. The van der Waals surface area contributed by atoms with E-state index in [1.807, 2.05) is 0 Å². The molecule has 15 heavy (non-hydrogen) atoms. The lowest BCUT2D eigenvalue weighted by molar-refractivity contribution is 0.212. The molecule has 0 saturated heterocycles. The number of ether oxygens (including phenoxy) is 2. The number of alkyl halides is 1. The largest absolute Gasteiger partial charge is 0.496 e. The Bertz CT molecular complexity index is 358. The van der Waals surface area contributed by atoms with Crippen LogP contribution in [0.1, 0.15) is 19.4 Å². The van der Waals surface area contributed by atoms with Gasteiger partial charge in [-0.1, -0.05) is 0 Å². The fourth-order valence-corrected chi connectivity index (χ4v) is 1.81. The Morgan fingerprint density at radius 2 is 1.67 bits per heavy atom. The molecule has 0 saturated carbocycles. The van der Waals surface area contributed by atoms with Gasteiger partial charge in [-0.15, -0.1) is 0 Å². The normalized spacial score (nSPS) is 11.3. The van der Waals surface area contributed by atoms with Crippen molar-refractivity contribution in [1.82, 2.24) is 0 Å². The van der Waals surface area contributed by atoms with Crippen LogP contribution in [-0.4, -0.2) is 14.2 Å². The number of methoxy groups -OCH3 is 2. The summed E-state index contributed by atoms with van der Waals surface area (Å²) < 4.78 is 24.8. The van der Waals surface area contributed by atoms with Gasteiger partial charge in [-0.25, -0.2) is 4.39 Å². The van der Waals surface area contributed by atoms with Crippen LogP contribution in [0.25, 0.3) is 0 Å². The molecular formula is C11H14BrFO2. The molecule has 0 fully saturated rings. The topological polar surface area (TPSA) is 18.5 Å². The minimum Gasteiger partial charge on any atom is -0.496 e. The van der Waals surface area contributed by atoms with E-state index in [-0.39, 0.29) is 0 Å². The van der Waals surface area contributed by atoms with Gasteiger partial charge in [0.1, 0.15) is 17.2 Å². The third-order valence-electron chi connectivity index (χ3n) is 2.11. The fourth-order valence-electron chi connectivity index (χ4n) is 1.33. The van der Waals surface area contributed by atoms with Crippen LogP contribution in [0.4, 0.5) is 4.39 Å². The maximum atomic E-state index is 13.9. The van der Waals surface area contributed by atoms with Gasteiger partial charge in [-0.2, -0.15) is 0 Å². The van der Waals surface area contributed by atoms with Crippen LogP contribution in [-0.2, 0) is 5.67 Å². The van der Waals surface area contributed by atoms with E-state index in [2.05, 4.69) is 15.9 Å². The van der Waals surface area contributed by atoms with Gasteiger partial charge < -0.3 is 9.47 Å². The van der Waals surface area contributed by atoms with E-state index in [1.54, 1.807) is 19.2 Å². The molecule has 0 aliphatic rings. The first kappa shape index (κ1) is 12.3. The van der Waals surface area contributed by atoms with Crippen molar-refractivity contribution in [3.63, 3.8) is 0 Å². The summed E-state index contributed by atoms with van der Waals surface area (Å²) in [4.78, 5) is 0. The standard InChI is InChI=1S/C11H14BrFO2/c1-11(2,13)7-5-10(15-4)8(12)6-9(7)14-3/h5-6H,1-4H3. The summed E-state index contributed by atoms with van der Waals surface area (Å²) in [6.07, 6.45) is 0. The van der Waals surface area contributed by atoms with Crippen LogP contribution in [0.5, 0.6) is 11.5 Å². The molecule has 0 atom stereocenters. The van der Waals surface area contributed by atoms with Gasteiger partial charge in [0.2, 0.25) is 0 Å². The molecule has 0 amide bonds. The first-order chi connectivity index (χ1) is 6.90. The highest BCUT2D eigenvalue weighted by Gasteiger charge is 2.25. The Hall–Kier alpha value is -0.770. The number of hydrogen-bond donors (Lipinski definition) is 0. The van der Waals surface area contributed by atoms with Gasteiger partial charge in [0.25, 0.3) is 0 Å². The fraction of sp³-hybridized carbons (Fsp3) is 0.455. The maximum Gasteiger partial charge on any atom is 0.134 e. The molecule has 0 unspecified atom stereocenters. The van der Waals surface area contributed by atoms with E-state index in [4.69, 9.17) is 9.47 Å². The van der Waals surface area contributed by atoms with E-state index in [1.165, 1.54) is 21.0 Å². The second-order valence-corrected chi connectivity index (χ2v) is 4.51. The Morgan fingerprint density at radius 1 is 1.13 bits per heavy atom. The third-order valence-corrected chi connectivity index (χ3v) is 2.73. The first-order valence-corrected chi connectivity index (χ1v) is 5.30. The van der Waals surface area contributed by atoms with Crippen LogP contribution in [0, 0.1) is 0 Å². The van der Waals surface area contributed by atoms with E-state index < -0.39 is 5.67 Å². The van der Waals surface area contributed by atoms with E-state index >= 15 is 0 Å². The lowest BCUT2D eigenvalue weighted by Crippen LogP contribution is -2.11. The molecule has 0 bridgehead atoms. The number of rotatable bonds is 3. The van der Waals surface area contributed by atoms with Gasteiger partial charge >= 0.3 is 0 Å². The minimum atomic E-state index is -1.46. The lowest BCUT2D eigenvalue weighted by Gasteiger charge is -2.19. The van der Waals surface area contributed by atoms with Crippen LogP contribution < -0.4 is 9.47 Å². The van der Waals surface area contributed by atoms with Gasteiger partial charge in [-0.3, -0.25) is 0 Å². The van der Waals surface area contributed by atoms with Crippen molar-refractivity contribution in [2.45, 2.75) is 19.5 Å². The molecule has 0 spiro atoms. The number of hydrogen-bond acceptors (Lipinski definition) is 2. The highest BCUT2D eigenvalue weighted by atomic mass is 79.9. The summed E-state index contributed by atoms with van der Waals surface area (Å²) >= 11 is 3.32. The van der Waals surface area contributed by atoms with Crippen molar-refractivity contribution in [3.8, 4) is 11.5 Å². The summed E-state index contributed by atoms with van der Waals surface area (Å²) in [6.45, 7) is 2.97. The zero-order valence-electron chi connectivity index (χ0n) is 9.23. The average Bonchev–Trinajstić information content (AvgIpc) is 2.15. The van der Waals surface area contributed by atoms with Gasteiger partial charge in [0.15, 0.2) is 0 Å². The molecule has 0 radical (unpaired) electrons. The van der Waals surface area contributed by atoms with E-state index in [0.717, 1.165) is 4.47 Å². The smallest absolute Gasteiger partial charge is 0.134 e. The first-order valence-electron chi connectivity index (χ1n) is 4.51. The summed E-state index contributed by atoms with van der Waals surface area (Å²) in [5.74, 6) is 1.10. The summed E-state index contributed by atoms with van der Waals surface area (Å²) in [5.41, 5.74) is -0.982. The third kappa shape index (κ3) is 2.62. The van der Waals surface area contributed by atoms with E-state index in [0.29, 0.717) is 17.1 Å². The van der Waals surface area contributed by atoms with Crippen molar-refractivity contribution in [1.29, 1.82) is 0 Å². The van der Waals surface area contributed by atoms with Crippen molar-refractivity contribution < 1.29 is 13.9 Å². The van der Waals surface area contributed by atoms with Crippen molar-refractivity contribution in [3.05, 3.63) is 22.2 Å². The number of benzene rings is 1. The minimum absolute atomic E-state index is 0.477. The van der Waals surface area contributed by atoms with Gasteiger partial charge in [0, 0.05) is 5.56 Å². The molecule has 0 N–H and O–H groups in total. The monoisotopic (exact) mass is 276 g/mol. The Labute approximate surface area is 97.5 Å². The quantitative estimate of drug-likeness (QED) is 0.839. The molecule has 1 aromatic rings. The highest BCUT2D eigenvalue weighted by Crippen LogP contribution is 2.39. The van der Waals surface area contributed by atoms with E-state index in [9.17, 15) is 4.39 Å². The molecule has 2 nitrogen and oxygen atoms in total. The van der Waals surface area contributed by atoms with Crippen LogP contribution in [0.3, 0.4) is 0 Å². The van der Waals surface area contributed by atoms with Crippen LogP contribution in [0.2, 0.25) is 0 Å². The number of halogens is 2. The summed E-state index contributed by atoms with van der Waals surface area (Å²) in [5, 5.41) is 0. The molecule has 0 aliphatic carbocycles. The average molecular weight is 277 g/mol. The van der Waals surface area contributed by atoms with Crippen molar-refractivity contribution >= 4 is 15.9 Å². The molecular weight excluding hydrogens is 263 g/mol. The molecule has 4 heteroatoms. The van der Waals surface area contributed by atoms with Crippen molar-refractivity contribution in [2.75, 3.05) is 14.2 Å². The van der Waals surface area contributed by atoms with Gasteiger partial charge in [0.05, 0.1) is 18.7 Å². The zero-order valence-corrected chi connectivity index (χ0v) is 10.8. The Morgan fingerprint density at radius 3 is 2.07 bits per heavy atom. The Kier molecular flexibility index (Phi) is 3.60. The summed E-state index contributed by atoms with van der Waals surface area (Å²) in [6, 6.07) is 3.35. The van der Waals surface area contributed by atoms with Crippen LogP contribution in [0.15, 0.2) is 16.6 Å². The zero-order chi connectivity index (χ0) is 11.6. The molecule has 1 aromatic carbocycles. The predicted molar refractivity (Wildman–Crippen MR) is 61.4 cm³/mol. The highest BCUT2D eigenvalue weighted by molar-refractivity contribution is 9.10. The second kappa shape index (κ2) is 4.39. The molecule has 0 aromatic heterocycles. The van der Waals surface area contributed by atoms with Crippen LogP contribution >= 0.6 is 15.9 Å². The molecule has 0 heterocycles. The lowest BCUT2D eigenvalue weighted by atomic mass is 9.99.